The van der Waals surface area contributed by atoms with E-state index in [1.54, 1.807) is 6.07 Å². The van der Waals surface area contributed by atoms with Crippen LogP contribution in [0, 0.1) is 11.7 Å². The summed E-state index contributed by atoms with van der Waals surface area (Å²) in [5.74, 6) is -2.37. The highest BCUT2D eigenvalue weighted by Gasteiger charge is 2.30. The second-order valence-electron chi connectivity index (χ2n) is 8.82. The molecule has 0 spiro atoms. The Morgan fingerprint density at radius 2 is 1.97 bits per heavy atom. The molecule has 1 fully saturated rings. The molecule has 0 radical (unpaired) electrons. The summed E-state index contributed by atoms with van der Waals surface area (Å²) in [7, 11) is 0. The lowest BCUT2D eigenvalue weighted by molar-refractivity contribution is -0.125. The Labute approximate surface area is 221 Å². The predicted octanol–water partition coefficient (Wildman–Crippen LogP) is 3.86. The maximum absolute atomic E-state index is 14.8. The van der Waals surface area contributed by atoms with Crippen molar-refractivity contribution in [1.29, 1.82) is 0 Å². The number of carbonyl (C=O) groups is 3. The fourth-order valence-electron chi connectivity index (χ4n) is 3.88. The van der Waals surface area contributed by atoms with Crippen LogP contribution in [-0.2, 0) is 14.3 Å². The molecule has 1 aliphatic heterocycles. The molecular formula is C24H28ClF3N4O4S. The lowest BCUT2D eigenvalue weighted by Crippen LogP contribution is -2.53. The van der Waals surface area contributed by atoms with Crippen LogP contribution >= 0.6 is 22.9 Å². The van der Waals surface area contributed by atoms with Crippen LogP contribution in [0.25, 0.3) is 0 Å². The van der Waals surface area contributed by atoms with Gasteiger partial charge in [0.05, 0.1) is 28.1 Å². The quantitative estimate of drug-likeness (QED) is 0.435. The van der Waals surface area contributed by atoms with E-state index in [0.29, 0.717) is 9.21 Å². The molecule has 2 heterocycles. The third-order valence-electron chi connectivity index (χ3n) is 5.46. The molecule has 202 valence electrons. The van der Waals surface area contributed by atoms with E-state index in [2.05, 4.69) is 10.6 Å². The van der Waals surface area contributed by atoms with Crippen LogP contribution in [-0.4, -0.2) is 74.5 Å². The van der Waals surface area contributed by atoms with Crippen molar-refractivity contribution in [3.05, 3.63) is 45.4 Å². The molecule has 3 amide bonds. The summed E-state index contributed by atoms with van der Waals surface area (Å²) in [6, 6.07) is 5.74. The molecule has 0 aliphatic carbocycles. The number of amides is 3. The van der Waals surface area contributed by atoms with Crippen molar-refractivity contribution in [3.63, 3.8) is 0 Å². The van der Waals surface area contributed by atoms with E-state index in [0.717, 1.165) is 17.4 Å². The SMILES string of the molecule is CC(C)CN(CC(F)F)[C@@H](CNC(=O)c1ccc(Cl)s1)C(=O)Nc1ccc(N2CCOCC2=O)c(F)c1. The normalized spacial score (nSPS) is 14.9. The topological polar surface area (TPSA) is 91.0 Å². The van der Waals surface area contributed by atoms with Gasteiger partial charge in [-0.3, -0.25) is 19.3 Å². The first-order chi connectivity index (χ1) is 17.5. The molecule has 1 aliphatic rings. The van der Waals surface area contributed by atoms with Crippen molar-refractivity contribution in [1.82, 2.24) is 10.2 Å². The number of hydrogen-bond donors (Lipinski definition) is 2. The highest BCUT2D eigenvalue weighted by Crippen LogP contribution is 2.25. The fraction of sp³-hybridized carbons (Fsp3) is 0.458. The first kappa shape index (κ1) is 28.9. The highest BCUT2D eigenvalue weighted by atomic mass is 35.5. The standard InChI is InChI=1S/C24H28ClF3N4O4S/c1-14(2)11-31(12-21(27)28)18(10-29-24(35)19-5-6-20(25)37-19)23(34)30-15-3-4-17(16(26)9-15)32-7-8-36-13-22(32)33/h3-6,9,14,18,21H,7-8,10-13H2,1-2H3,(H,29,35)(H,30,34)/t18-/m0/s1. The van der Waals surface area contributed by atoms with Crippen molar-refractivity contribution in [2.45, 2.75) is 26.3 Å². The molecule has 8 nitrogen and oxygen atoms in total. The maximum atomic E-state index is 14.8. The Balaban J connectivity index is 1.79. The van der Waals surface area contributed by atoms with Gasteiger partial charge in [-0.2, -0.15) is 0 Å². The smallest absolute Gasteiger partial charge is 0.261 e. The van der Waals surface area contributed by atoms with E-state index >= 15 is 0 Å². The number of anilines is 2. The summed E-state index contributed by atoms with van der Waals surface area (Å²) in [5.41, 5.74) is 0.124. The minimum absolute atomic E-state index is 0.0452. The van der Waals surface area contributed by atoms with Crippen molar-refractivity contribution < 1.29 is 32.3 Å². The Morgan fingerprint density at radius 3 is 2.57 bits per heavy atom. The number of alkyl halides is 2. The number of rotatable bonds is 11. The van der Waals surface area contributed by atoms with Gasteiger partial charge < -0.3 is 20.3 Å². The van der Waals surface area contributed by atoms with Crippen molar-refractivity contribution in [2.24, 2.45) is 5.92 Å². The Morgan fingerprint density at radius 1 is 1.22 bits per heavy atom. The van der Waals surface area contributed by atoms with Gasteiger partial charge >= 0.3 is 0 Å². The molecule has 37 heavy (non-hydrogen) atoms. The molecule has 0 bridgehead atoms. The Kier molecular flexibility index (Phi) is 10.3. The van der Waals surface area contributed by atoms with Gasteiger partial charge in [0.15, 0.2) is 0 Å². The highest BCUT2D eigenvalue weighted by molar-refractivity contribution is 7.18. The Bertz CT molecular complexity index is 1110. The molecule has 2 N–H and O–H groups in total. The zero-order chi connectivity index (χ0) is 27.1. The fourth-order valence-corrected chi connectivity index (χ4v) is 4.84. The number of ether oxygens (including phenoxy) is 1. The van der Waals surface area contributed by atoms with Crippen LogP contribution in [0.4, 0.5) is 24.5 Å². The van der Waals surface area contributed by atoms with Crippen LogP contribution < -0.4 is 15.5 Å². The summed E-state index contributed by atoms with van der Waals surface area (Å²) >= 11 is 6.92. The third kappa shape index (κ3) is 8.16. The molecule has 1 aromatic carbocycles. The van der Waals surface area contributed by atoms with E-state index in [9.17, 15) is 27.6 Å². The van der Waals surface area contributed by atoms with Gasteiger partial charge in [-0.15, -0.1) is 11.3 Å². The maximum Gasteiger partial charge on any atom is 0.261 e. The number of thiophene rings is 1. The number of carbonyl (C=O) groups excluding carboxylic acids is 3. The van der Waals surface area contributed by atoms with Crippen LogP contribution in [0.2, 0.25) is 4.34 Å². The Hall–Kier alpha value is -2.67. The van der Waals surface area contributed by atoms with E-state index in [1.807, 2.05) is 13.8 Å². The molecule has 13 heteroatoms. The van der Waals surface area contributed by atoms with E-state index in [4.69, 9.17) is 16.3 Å². The molecule has 0 unspecified atom stereocenters. The van der Waals surface area contributed by atoms with Gasteiger partial charge in [-0.25, -0.2) is 13.2 Å². The number of nitrogens with zero attached hydrogens (tertiary/aromatic N) is 2. The van der Waals surface area contributed by atoms with Gasteiger partial charge in [0.2, 0.25) is 5.91 Å². The number of nitrogens with one attached hydrogen (secondary N) is 2. The van der Waals surface area contributed by atoms with E-state index < -0.39 is 36.6 Å². The van der Waals surface area contributed by atoms with E-state index in [-0.39, 0.29) is 56.0 Å². The van der Waals surface area contributed by atoms with Crippen LogP contribution in [0.3, 0.4) is 0 Å². The minimum Gasteiger partial charge on any atom is -0.370 e. The monoisotopic (exact) mass is 560 g/mol. The average Bonchev–Trinajstić information content (AvgIpc) is 3.25. The minimum atomic E-state index is -2.72. The summed E-state index contributed by atoms with van der Waals surface area (Å²) < 4.78 is 47.1. The zero-order valence-electron chi connectivity index (χ0n) is 20.3. The molecule has 1 saturated heterocycles. The second kappa shape index (κ2) is 13.2. The number of hydrogen-bond acceptors (Lipinski definition) is 6. The van der Waals surface area contributed by atoms with Crippen molar-refractivity contribution in [2.75, 3.05) is 49.6 Å². The summed E-state index contributed by atoms with van der Waals surface area (Å²) in [6.07, 6.45) is -2.72. The van der Waals surface area contributed by atoms with E-state index in [1.165, 1.54) is 28.0 Å². The first-order valence-corrected chi connectivity index (χ1v) is 12.8. The largest absolute Gasteiger partial charge is 0.370 e. The van der Waals surface area contributed by atoms with Gasteiger partial charge in [0, 0.05) is 25.3 Å². The number of morpholine rings is 1. The number of benzene rings is 1. The van der Waals surface area contributed by atoms with Gasteiger partial charge in [0.1, 0.15) is 18.5 Å². The van der Waals surface area contributed by atoms with Crippen LogP contribution in [0.5, 0.6) is 0 Å². The zero-order valence-corrected chi connectivity index (χ0v) is 21.9. The third-order valence-corrected chi connectivity index (χ3v) is 6.69. The predicted molar refractivity (Wildman–Crippen MR) is 136 cm³/mol. The van der Waals surface area contributed by atoms with Gasteiger partial charge in [0.25, 0.3) is 18.2 Å². The molecule has 1 aromatic heterocycles. The molecular weight excluding hydrogens is 533 g/mol. The van der Waals surface area contributed by atoms with Crippen molar-refractivity contribution >= 4 is 52.0 Å². The lowest BCUT2D eigenvalue weighted by Gasteiger charge is -2.32. The molecule has 3 rings (SSSR count). The molecule has 1 atom stereocenters. The number of halogens is 4. The van der Waals surface area contributed by atoms with Crippen LogP contribution in [0.15, 0.2) is 30.3 Å². The summed E-state index contributed by atoms with van der Waals surface area (Å²) in [4.78, 5) is 40.7. The lowest BCUT2D eigenvalue weighted by atomic mass is 10.1. The summed E-state index contributed by atoms with van der Waals surface area (Å²) in [5, 5.41) is 5.17. The van der Waals surface area contributed by atoms with Gasteiger partial charge in [-0.05, 0) is 36.2 Å². The first-order valence-electron chi connectivity index (χ1n) is 11.6. The summed E-state index contributed by atoms with van der Waals surface area (Å²) in [6.45, 7) is 3.16. The second-order valence-corrected chi connectivity index (χ2v) is 10.5. The average molecular weight is 561 g/mol. The van der Waals surface area contributed by atoms with Gasteiger partial charge in [-0.1, -0.05) is 25.4 Å². The van der Waals surface area contributed by atoms with Crippen molar-refractivity contribution in [3.8, 4) is 0 Å². The molecule has 0 saturated carbocycles. The molecule has 2 aromatic rings. The van der Waals surface area contributed by atoms with Crippen LogP contribution in [0.1, 0.15) is 23.5 Å².